The predicted octanol–water partition coefficient (Wildman–Crippen LogP) is 4.68. The van der Waals surface area contributed by atoms with Gasteiger partial charge in [0.2, 0.25) is 9.04 Å². The smallest absolute Gasteiger partial charge is 0.414 e. The number of amides is 1. The molecule has 2 aromatic rings. The minimum absolute atomic E-state index is 0.0511. The summed E-state index contributed by atoms with van der Waals surface area (Å²) in [5.41, 5.74) is 0.998. The summed E-state index contributed by atoms with van der Waals surface area (Å²) >= 11 is 0. The molecule has 10 heteroatoms. The van der Waals surface area contributed by atoms with Gasteiger partial charge in [0.25, 0.3) is 5.88 Å². The van der Waals surface area contributed by atoms with Crippen LogP contribution in [0.25, 0.3) is 0 Å². The van der Waals surface area contributed by atoms with Crippen molar-refractivity contribution >= 4 is 26.5 Å². The van der Waals surface area contributed by atoms with E-state index < -0.39 is 21.2 Å². The van der Waals surface area contributed by atoms with E-state index in [-0.39, 0.29) is 30.6 Å². The van der Waals surface area contributed by atoms with Crippen molar-refractivity contribution in [3.63, 3.8) is 0 Å². The number of cyclic esters (lactones) is 1. The summed E-state index contributed by atoms with van der Waals surface area (Å²) < 4.78 is 37.2. The third kappa shape index (κ3) is 5.16. The lowest BCUT2D eigenvalue weighted by Gasteiger charge is -2.37. The number of hydrogen-bond donors (Lipinski definition) is 0. The molecule has 0 aliphatic carbocycles. The summed E-state index contributed by atoms with van der Waals surface area (Å²) in [6, 6.07) is 6.45. The molecule has 3 heterocycles. The minimum atomic E-state index is -0.973. The molecule has 0 saturated carbocycles. The van der Waals surface area contributed by atoms with E-state index in [1.54, 1.807) is 18.2 Å². The SMILES string of the molecule is C[Si](C)OC1[C@@H](C(C)(C)C)CCN1c1ccc(N2CC(COc3ccon3)OC2=O)cc1F. The van der Waals surface area contributed by atoms with Crippen LogP contribution in [-0.4, -0.2) is 52.3 Å². The minimum Gasteiger partial charge on any atom is -0.471 e. The third-order valence-electron chi connectivity index (χ3n) is 6.06. The highest BCUT2D eigenvalue weighted by molar-refractivity contribution is 6.48. The monoisotopic (exact) mass is 476 g/mol. The van der Waals surface area contributed by atoms with E-state index in [1.165, 1.54) is 17.2 Å². The molecule has 2 unspecified atom stereocenters. The number of ether oxygens (including phenoxy) is 2. The number of rotatable bonds is 7. The Hall–Kier alpha value is -2.59. The fourth-order valence-electron chi connectivity index (χ4n) is 4.44. The van der Waals surface area contributed by atoms with E-state index in [0.717, 1.165) is 13.0 Å². The molecule has 2 fully saturated rings. The van der Waals surface area contributed by atoms with Gasteiger partial charge in [-0.05, 0) is 48.3 Å². The maximum absolute atomic E-state index is 15.3. The first-order chi connectivity index (χ1) is 15.6. The lowest BCUT2D eigenvalue weighted by Crippen LogP contribution is -2.42. The Kier molecular flexibility index (Phi) is 6.67. The summed E-state index contributed by atoms with van der Waals surface area (Å²) in [4.78, 5) is 15.8. The van der Waals surface area contributed by atoms with Crippen LogP contribution in [0.3, 0.4) is 0 Å². The first-order valence-corrected chi connectivity index (χ1v) is 13.6. The Bertz CT molecular complexity index is 966. The highest BCUT2D eigenvalue weighted by Crippen LogP contribution is 2.42. The number of carbonyl (C=O) groups is 1. The second kappa shape index (κ2) is 9.34. The Morgan fingerprint density at radius 1 is 1.27 bits per heavy atom. The van der Waals surface area contributed by atoms with Crippen LogP contribution in [0.1, 0.15) is 27.2 Å². The highest BCUT2D eigenvalue weighted by atomic mass is 28.3. The lowest BCUT2D eigenvalue weighted by atomic mass is 9.79. The van der Waals surface area contributed by atoms with Gasteiger partial charge in [-0.1, -0.05) is 20.8 Å². The highest BCUT2D eigenvalue weighted by Gasteiger charge is 2.43. The zero-order valence-corrected chi connectivity index (χ0v) is 20.7. The van der Waals surface area contributed by atoms with E-state index in [4.69, 9.17) is 18.4 Å². The van der Waals surface area contributed by atoms with Crippen molar-refractivity contribution in [2.75, 3.05) is 29.5 Å². The molecule has 3 atom stereocenters. The number of nitrogens with zero attached hydrogens (tertiary/aromatic N) is 3. The largest absolute Gasteiger partial charge is 0.471 e. The quantitative estimate of drug-likeness (QED) is 0.537. The van der Waals surface area contributed by atoms with Gasteiger partial charge in [0.05, 0.1) is 17.9 Å². The summed E-state index contributed by atoms with van der Waals surface area (Å²) in [5.74, 6) is 0.238. The lowest BCUT2D eigenvalue weighted by molar-refractivity contribution is 0.0884. The molecule has 1 amide bonds. The first kappa shape index (κ1) is 23.6. The van der Waals surface area contributed by atoms with Crippen LogP contribution in [0, 0.1) is 17.2 Å². The number of hydrogen-bond acceptors (Lipinski definition) is 7. The van der Waals surface area contributed by atoms with Crippen LogP contribution in [0.2, 0.25) is 13.1 Å². The maximum Gasteiger partial charge on any atom is 0.414 e. The topological polar surface area (TPSA) is 77.3 Å². The molecule has 4 rings (SSSR count). The molecule has 1 aromatic carbocycles. The van der Waals surface area contributed by atoms with Crippen molar-refractivity contribution in [3.05, 3.63) is 36.3 Å². The van der Waals surface area contributed by atoms with Gasteiger partial charge in [-0.15, -0.1) is 0 Å². The van der Waals surface area contributed by atoms with Crippen molar-refractivity contribution in [1.29, 1.82) is 0 Å². The zero-order valence-electron chi connectivity index (χ0n) is 19.7. The van der Waals surface area contributed by atoms with Gasteiger partial charge in [-0.2, -0.15) is 0 Å². The van der Waals surface area contributed by atoms with Gasteiger partial charge in [0, 0.05) is 18.5 Å². The summed E-state index contributed by atoms with van der Waals surface area (Å²) in [5, 5.41) is 3.66. The number of halogens is 1. The third-order valence-corrected chi connectivity index (χ3v) is 6.77. The average Bonchev–Trinajstić information content (AvgIpc) is 3.46. The molecule has 1 aromatic heterocycles. The normalized spacial score (nSPS) is 23.5. The van der Waals surface area contributed by atoms with E-state index in [0.29, 0.717) is 23.2 Å². The predicted molar refractivity (Wildman–Crippen MR) is 123 cm³/mol. The van der Waals surface area contributed by atoms with Crippen molar-refractivity contribution in [2.45, 2.75) is 52.6 Å². The van der Waals surface area contributed by atoms with E-state index in [1.807, 2.05) is 4.90 Å². The van der Waals surface area contributed by atoms with Gasteiger partial charge >= 0.3 is 6.09 Å². The molecular weight excluding hydrogens is 445 g/mol. The van der Waals surface area contributed by atoms with Gasteiger partial charge in [0.1, 0.15) is 24.9 Å². The van der Waals surface area contributed by atoms with Crippen LogP contribution in [-0.2, 0) is 9.16 Å². The standard InChI is InChI=1S/C23H31FN3O5Si/c1-23(2,3)17-8-10-26(21(17)32-33(4)5)19-7-6-15(12-18(19)24)27-13-16(31-22(27)28)14-29-20-9-11-30-25-20/h6-7,9,11-12,16-17,21H,8,10,13-14H2,1-5H3/t16?,17-,21?/m0/s1. The maximum atomic E-state index is 15.3. The number of anilines is 2. The van der Waals surface area contributed by atoms with Gasteiger partial charge in [0.15, 0.2) is 6.10 Å². The fourth-order valence-corrected chi connectivity index (χ4v) is 5.22. The molecule has 2 aliphatic rings. The molecule has 1 radical (unpaired) electrons. The Labute approximate surface area is 195 Å². The van der Waals surface area contributed by atoms with Gasteiger partial charge in [-0.25, -0.2) is 9.18 Å². The Morgan fingerprint density at radius 3 is 2.70 bits per heavy atom. The molecule has 33 heavy (non-hydrogen) atoms. The molecule has 0 spiro atoms. The molecule has 2 saturated heterocycles. The van der Waals surface area contributed by atoms with E-state index >= 15 is 4.39 Å². The summed E-state index contributed by atoms with van der Waals surface area (Å²) in [7, 11) is -0.973. The number of carbonyl (C=O) groups excluding carboxylic acids is 1. The van der Waals surface area contributed by atoms with E-state index in [9.17, 15) is 4.79 Å². The van der Waals surface area contributed by atoms with Crippen LogP contribution < -0.4 is 14.5 Å². The van der Waals surface area contributed by atoms with Crippen molar-refractivity contribution in [2.24, 2.45) is 11.3 Å². The van der Waals surface area contributed by atoms with Crippen LogP contribution in [0.5, 0.6) is 5.88 Å². The van der Waals surface area contributed by atoms with Crippen LogP contribution in [0.4, 0.5) is 20.6 Å². The Morgan fingerprint density at radius 2 is 2.06 bits per heavy atom. The number of benzene rings is 1. The van der Waals surface area contributed by atoms with Crippen molar-refractivity contribution < 1.29 is 27.6 Å². The van der Waals surface area contributed by atoms with E-state index in [2.05, 4.69) is 39.0 Å². The molecule has 179 valence electrons. The van der Waals surface area contributed by atoms with Crippen LogP contribution >= 0.6 is 0 Å². The van der Waals surface area contributed by atoms with Gasteiger partial charge < -0.3 is 23.3 Å². The summed E-state index contributed by atoms with van der Waals surface area (Å²) in [6.45, 7) is 11.9. The number of aromatic nitrogens is 1. The molecule has 8 nitrogen and oxygen atoms in total. The van der Waals surface area contributed by atoms with Crippen molar-refractivity contribution in [3.8, 4) is 5.88 Å². The van der Waals surface area contributed by atoms with Gasteiger partial charge in [-0.3, -0.25) is 4.90 Å². The second-order valence-electron chi connectivity index (χ2n) is 9.77. The molecule has 0 N–H and O–H groups in total. The molecule has 2 aliphatic heterocycles. The zero-order chi connectivity index (χ0) is 23.8. The fraction of sp³-hybridized carbons (Fsp3) is 0.565. The Balaban J connectivity index is 1.48. The van der Waals surface area contributed by atoms with Crippen molar-refractivity contribution in [1.82, 2.24) is 5.16 Å². The average molecular weight is 477 g/mol. The second-order valence-corrected chi connectivity index (χ2v) is 11.8. The van der Waals surface area contributed by atoms with Crippen LogP contribution in [0.15, 0.2) is 35.1 Å². The molecule has 0 bridgehead atoms. The summed E-state index contributed by atoms with van der Waals surface area (Å²) in [6.07, 6.45) is 1.15. The first-order valence-electron chi connectivity index (χ1n) is 11.2. The molecular formula is C23H31FN3O5Si.